The fraction of sp³-hybridized carbons (Fsp3) is 0.778. The highest BCUT2D eigenvalue weighted by atomic mass is 16.4. The third-order valence-corrected chi connectivity index (χ3v) is 2.05. The summed E-state index contributed by atoms with van der Waals surface area (Å²) in [6, 6.07) is 0. The van der Waals surface area contributed by atoms with Gasteiger partial charge in [-0.2, -0.15) is 0 Å². The van der Waals surface area contributed by atoms with Crippen molar-refractivity contribution in [2.75, 3.05) is 0 Å². The fourth-order valence-electron chi connectivity index (χ4n) is 1.22. The lowest BCUT2D eigenvalue weighted by Crippen LogP contribution is -2.20. The van der Waals surface area contributed by atoms with Crippen LogP contribution >= 0.6 is 0 Å². The van der Waals surface area contributed by atoms with E-state index in [1.54, 1.807) is 0 Å². The zero-order chi connectivity index (χ0) is 10.4. The van der Waals surface area contributed by atoms with E-state index in [2.05, 4.69) is 0 Å². The molecule has 13 heavy (non-hydrogen) atoms. The zero-order valence-electron chi connectivity index (χ0n) is 7.99. The van der Waals surface area contributed by atoms with Crippen LogP contribution in [0.15, 0.2) is 0 Å². The molecule has 2 unspecified atom stereocenters. The van der Waals surface area contributed by atoms with Crippen LogP contribution in [0.4, 0.5) is 0 Å². The van der Waals surface area contributed by atoms with Crippen LogP contribution in [0, 0.1) is 11.8 Å². The summed E-state index contributed by atoms with van der Waals surface area (Å²) in [5.41, 5.74) is 0. The Labute approximate surface area is 77.6 Å². The highest BCUT2D eigenvalue weighted by molar-refractivity contribution is 5.73. The fourth-order valence-corrected chi connectivity index (χ4v) is 1.22. The topological polar surface area (TPSA) is 74.6 Å². The number of carbonyl (C=O) groups is 2. The van der Waals surface area contributed by atoms with Crippen molar-refractivity contribution in [2.45, 2.75) is 33.1 Å². The molecular formula is C9H16O4. The van der Waals surface area contributed by atoms with Crippen LogP contribution in [-0.4, -0.2) is 22.2 Å². The van der Waals surface area contributed by atoms with Gasteiger partial charge in [-0.1, -0.05) is 20.3 Å². The summed E-state index contributed by atoms with van der Waals surface area (Å²) in [5.74, 6) is -2.92. The van der Waals surface area contributed by atoms with Crippen LogP contribution in [0.3, 0.4) is 0 Å². The summed E-state index contributed by atoms with van der Waals surface area (Å²) in [7, 11) is 0. The number of aliphatic carboxylic acids is 2. The first kappa shape index (κ1) is 11.9. The predicted octanol–water partition coefficient (Wildman–Crippen LogP) is 1.60. The second-order valence-corrected chi connectivity index (χ2v) is 3.30. The molecule has 0 spiro atoms. The van der Waals surface area contributed by atoms with E-state index in [0.717, 1.165) is 6.42 Å². The highest BCUT2D eigenvalue weighted by Crippen LogP contribution is 2.17. The quantitative estimate of drug-likeness (QED) is 0.663. The molecule has 76 valence electrons. The van der Waals surface area contributed by atoms with Gasteiger partial charge in [0.2, 0.25) is 0 Å². The number of hydrogen-bond donors (Lipinski definition) is 2. The maximum absolute atomic E-state index is 10.7. The maximum atomic E-state index is 10.7. The monoisotopic (exact) mass is 188 g/mol. The van der Waals surface area contributed by atoms with Crippen molar-refractivity contribution in [3.05, 3.63) is 0 Å². The molecule has 0 aromatic heterocycles. The minimum atomic E-state index is -0.928. The number of rotatable bonds is 6. The molecule has 0 bridgehead atoms. The molecule has 0 aliphatic heterocycles. The Hall–Kier alpha value is -1.06. The minimum Gasteiger partial charge on any atom is -0.481 e. The van der Waals surface area contributed by atoms with Gasteiger partial charge in [0.05, 0.1) is 11.8 Å². The van der Waals surface area contributed by atoms with Gasteiger partial charge in [-0.25, -0.2) is 0 Å². The number of carboxylic acid groups (broad SMARTS) is 2. The van der Waals surface area contributed by atoms with Crippen LogP contribution in [0.1, 0.15) is 33.1 Å². The summed E-state index contributed by atoms with van der Waals surface area (Å²) in [4.78, 5) is 21.1. The molecule has 0 aliphatic rings. The van der Waals surface area contributed by atoms with Gasteiger partial charge >= 0.3 is 11.9 Å². The van der Waals surface area contributed by atoms with Gasteiger partial charge in [0.15, 0.2) is 0 Å². The first-order valence-electron chi connectivity index (χ1n) is 4.44. The van der Waals surface area contributed by atoms with Gasteiger partial charge in [-0.15, -0.1) is 0 Å². The van der Waals surface area contributed by atoms with Crippen LogP contribution in [0.2, 0.25) is 0 Å². The predicted molar refractivity (Wildman–Crippen MR) is 47.5 cm³/mol. The molecule has 0 fully saturated rings. The molecule has 2 N–H and O–H groups in total. The largest absolute Gasteiger partial charge is 0.481 e. The molecule has 0 saturated carbocycles. The van der Waals surface area contributed by atoms with Gasteiger partial charge in [-0.05, 0) is 12.8 Å². The molecule has 2 atom stereocenters. The molecule has 0 saturated heterocycles. The molecule has 0 rings (SSSR count). The highest BCUT2D eigenvalue weighted by Gasteiger charge is 2.22. The smallest absolute Gasteiger partial charge is 0.306 e. The van der Waals surface area contributed by atoms with Gasteiger partial charge in [0, 0.05) is 0 Å². The van der Waals surface area contributed by atoms with E-state index in [0.29, 0.717) is 6.42 Å². The Balaban J connectivity index is 4.09. The van der Waals surface area contributed by atoms with Crippen molar-refractivity contribution in [1.29, 1.82) is 0 Å². The Morgan fingerprint density at radius 3 is 2.08 bits per heavy atom. The van der Waals surface area contributed by atoms with Crippen molar-refractivity contribution in [1.82, 2.24) is 0 Å². The van der Waals surface area contributed by atoms with Gasteiger partial charge in [0.1, 0.15) is 0 Å². The van der Waals surface area contributed by atoms with Crippen molar-refractivity contribution >= 4 is 11.9 Å². The van der Waals surface area contributed by atoms with E-state index in [1.165, 1.54) is 6.92 Å². The number of hydrogen-bond acceptors (Lipinski definition) is 2. The van der Waals surface area contributed by atoms with Crippen molar-refractivity contribution in [2.24, 2.45) is 11.8 Å². The summed E-state index contributed by atoms with van der Waals surface area (Å²) in [6.07, 6.45) is 1.54. The average Bonchev–Trinajstić information content (AvgIpc) is 2.03. The molecule has 0 aromatic rings. The number of carboxylic acids is 2. The average molecular weight is 188 g/mol. The molecule has 0 heterocycles. The maximum Gasteiger partial charge on any atom is 0.306 e. The van der Waals surface area contributed by atoms with Crippen LogP contribution < -0.4 is 0 Å². The summed E-state index contributed by atoms with van der Waals surface area (Å²) >= 11 is 0. The molecule has 0 aromatic carbocycles. The third kappa shape index (κ3) is 4.50. The third-order valence-electron chi connectivity index (χ3n) is 2.05. The van der Waals surface area contributed by atoms with Crippen LogP contribution in [0.5, 0.6) is 0 Å². The Morgan fingerprint density at radius 2 is 1.77 bits per heavy atom. The molecule has 4 heteroatoms. The van der Waals surface area contributed by atoms with E-state index < -0.39 is 23.8 Å². The second kappa shape index (κ2) is 5.56. The SMILES string of the molecule is CCCC(CC(C)C(=O)O)C(=O)O. The van der Waals surface area contributed by atoms with Crippen LogP contribution in [0.25, 0.3) is 0 Å². The Kier molecular flexibility index (Phi) is 5.11. The van der Waals surface area contributed by atoms with E-state index in [-0.39, 0.29) is 6.42 Å². The van der Waals surface area contributed by atoms with Gasteiger partial charge < -0.3 is 10.2 Å². The van der Waals surface area contributed by atoms with Gasteiger partial charge in [-0.3, -0.25) is 9.59 Å². The first-order valence-corrected chi connectivity index (χ1v) is 4.44. The summed E-state index contributed by atoms with van der Waals surface area (Å²) in [6.45, 7) is 3.43. The second-order valence-electron chi connectivity index (χ2n) is 3.30. The molecule has 0 radical (unpaired) electrons. The Bertz CT molecular complexity index is 188. The summed E-state index contributed by atoms with van der Waals surface area (Å²) < 4.78 is 0. The van der Waals surface area contributed by atoms with Crippen molar-refractivity contribution < 1.29 is 19.8 Å². The lowest BCUT2D eigenvalue weighted by atomic mass is 9.92. The van der Waals surface area contributed by atoms with Gasteiger partial charge in [0.25, 0.3) is 0 Å². The van der Waals surface area contributed by atoms with E-state index in [4.69, 9.17) is 10.2 Å². The molecule has 0 amide bonds. The zero-order valence-corrected chi connectivity index (χ0v) is 7.99. The molecular weight excluding hydrogens is 172 g/mol. The van der Waals surface area contributed by atoms with E-state index >= 15 is 0 Å². The van der Waals surface area contributed by atoms with Crippen LogP contribution in [-0.2, 0) is 9.59 Å². The first-order chi connectivity index (χ1) is 5.99. The summed E-state index contributed by atoms with van der Waals surface area (Å²) in [5, 5.41) is 17.3. The Morgan fingerprint density at radius 1 is 1.23 bits per heavy atom. The van der Waals surface area contributed by atoms with E-state index in [1.807, 2.05) is 6.92 Å². The van der Waals surface area contributed by atoms with Crippen molar-refractivity contribution in [3.8, 4) is 0 Å². The van der Waals surface area contributed by atoms with Crippen molar-refractivity contribution in [3.63, 3.8) is 0 Å². The molecule has 0 aliphatic carbocycles. The minimum absolute atomic E-state index is 0.221. The lowest BCUT2D eigenvalue weighted by molar-refractivity contribution is -0.145. The standard InChI is InChI=1S/C9H16O4/c1-3-4-7(9(12)13)5-6(2)8(10)11/h6-7H,3-5H2,1-2H3,(H,10,11)(H,12,13). The van der Waals surface area contributed by atoms with E-state index in [9.17, 15) is 9.59 Å². The normalized spacial score (nSPS) is 14.9. The molecule has 4 nitrogen and oxygen atoms in total. The lowest BCUT2D eigenvalue weighted by Gasteiger charge is -2.13.